The molecular weight excluding hydrogens is 212 g/mol. The van der Waals surface area contributed by atoms with Crippen LogP contribution in [0.1, 0.15) is 24.6 Å². The maximum absolute atomic E-state index is 5.73. The molecule has 0 bridgehead atoms. The lowest BCUT2D eigenvalue weighted by atomic mass is 10.1. The molecule has 0 aliphatic carbocycles. The Balaban J connectivity index is 2.42. The van der Waals surface area contributed by atoms with Crippen molar-refractivity contribution in [1.29, 1.82) is 0 Å². The van der Waals surface area contributed by atoms with Crippen LogP contribution >= 0.6 is 0 Å². The zero-order valence-electron chi connectivity index (χ0n) is 10.6. The molecule has 2 rings (SSSR count). The number of aryl methyl sites for hydroxylation is 2. The van der Waals surface area contributed by atoms with Gasteiger partial charge in [0.05, 0.1) is 6.20 Å². The third kappa shape index (κ3) is 2.16. The molecule has 0 saturated heterocycles. The van der Waals surface area contributed by atoms with Gasteiger partial charge in [-0.25, -0.2) is 4.98 Å². The number of pyridine rings is 1. The Morgan fingerprint density at radius 2 is 2.06 bits per heavy atom. The van der Waals surface area contributed by atoms with E-state index in [2.05, 4.69) is 30.0 Å². The van der Waals surface area contributed by atoms with Crippen LogP contribution in [0.15, 0.2) is 18.5 Å². The van der Waals surface area contributed by atoms with Gasteiger partial charge in [-0.3, -0.25) is 4.68 Å². The van der Waals surface area contributed by atoms with Crippen LogP contribution in [0.2, 0.25) is 0 Å². The van der Waals surface area contributed by atoms with Crippen LogP contribution in [-0.4, -0.2) is 14.8 Å². The number of anilines is 1. The zero-order valence-corrected chi connectivity index (χ0v) is 10.6. The molecular formula is C13H18N4. The van der Waals surface area contributed by atoms with Gasteiger partial charge in [-0.1, -0.05) is 6.92 Å². The highest BCUT2D eigenvalue weighted by atomic mass is 15.3. The van der Waals surface area contributed by atoms with Gasteiger partial charge < -0.3 is 5.73 Å². The first-order valence-electron chi connectivity index (χ1n) is 5.88. The van der Waals surface area contributed by atoms with Gasteiger partial charge in [0, 0.05) is 29.6 Å². The van der Waals surface area contributed by atoms with Gasteiger partial charge in [0.25, 0.3) is 0 Å². The summed E-state index contributed by atoms with van der Waals surface area (Å²) in [5.41, 5.74) is 10.1. The van der Waals surface area contributed by atoms with Gasteiger partial charge >= 0.3 is 0 Å². The summed E-state index contributed by atoms with van der Waals surface area (Å²) in [6, 6.07) is 2.06. The SMILES string of the molecule is CCCn1ncc(-c2cnc(N)c(C)c2)c1C. The highest BCUT2D eigenvalue weighted by molar-refractivity contribution is 5.66. The number of aromatic nitrogens is 3. The van der Waals surface area contributed by atoms with E-state index in [0.717, 1.165) is 29.7 Å². The molecule has 0 unspecified atom stereocenters. The molecule has 0 radical (unpaired) electrons. The Labute approximate surface area is 101 Å². The molecule has 4 nitrogen and oxygen atoms in total. The standard InChI is InChI=1S/C13H18N4/c1-4-5-17-10(3)12(8-16-17)11-6-9(2)13(14)15-7-11/h6-8H,4-5H2,1-3H3,(H2,14,15). The van der Waals surface area contributed by atoms with Gasteiger partial charge in [0.2, 0.25) is 0 Å². The van der Waals surface area contributed by atoms with E-state index in [0.29, 0.717) is 5.82 Å². The molecule has 2 aromatic heterocycles. The molecule has 0 atom stereocenters. The summed E-state index contributed by atoms with van der Waals surface area (Å²) >= 11 is 0. The van der Waals surface area contributed by atoms with Crippen molar-refractivity contribution < 1.29 is 0 Å². The van der Waals surface area contributed by atoms with E-state index < -0.39 is 0 Å². The topological polar surface area (TPSA) is 56.7 Å². The van der Waals surface area contributed by atoms with Crippen LogP contribution in [0, 0.1) is 13.8 Å². The van der Waals surface area contributed by atoms with Crippen LogP contribution < -0.4 is 5.73 Å². The molecule has 0 saturated carbocycles. The molecule has 0 amide bonds. The second-order valence-corrected chi connectivity index (χ2v) is 4.29. The Bertz CT molecular complexity index is 528. The highest BCUT2D eigenvalue weighted by Gasteiger charge is 2.09. The lowest BCUT2D eigenvalue weighted by Gasteiger charge is -2.05. The van der Waals surface area contributed by atoms with Gasteiger partial charge in [0.15, 0.2) is 0 Å². The number of nitrogen functional groups attached to an aromatic ring is 1. The summed E-state index contributed by atoms with van der Waals surface area (Å²) in [6.07, 6.45) is 4.79. The van der Waals surface area contributed by atoms with E-state index in [1.165, 1.54) is 5.69 Å². The lowest BCUT2D eigenvalue weighted by Crippen LogP contribution is -2.01. The quantitative estimate of drug-likeness (QED) is 0.881. The fraction of sp³-hybridized carbons (Fsp3) is 0.385. The Morgan fingerprint density at radius 1 is 1.29 bits per heavy atom. The van der Waals surface area contributed by atoms with Crippen LogP contribution in [-0.2, 0) is 6.54 Å². The first kappa shape index (κ1) is 11.6. The van der Waals surface area contributed by atoms with Crippen molar-refractivity contribution in [3.8, 4) is 11.1 Å². The average Bonchev–Trinajstić information content (AvgIpc) is 2.66. The molecule has 2 aromatic rings. The summed E-state index contributed by atoms with van der Waals surface area (Å²) in [4.78, 5) is 4.19. The van der Waals surface area contributed by atoms with Crippen molar-refractivity contribution in [1.82, 2.24) is 14.8 Å². The lowest BCUT2D eigenvalue weighted by molar-refractivity contribution is 0.587. The molecule has 0 aliphatic heterocycles. The number of hydrogen-bond acceptors (Lipinski definition) is 3. The maximum atomic E-state index is 5.73. The van der Waals surface area contributed by atoms with E-state index in [-0.39, 0.29) is 0 Å². The van der Waals surface area contributed by atoms with Gasteiger partial charge in [-0.15, -0.1) is 0 Å². The van der Waals surface area contributed by atoms with E-state index in [4.69, 9.17) is 5.73 Å². The minimum absolute atomic E-state index is 0.590. The predicted octanol–water partition coefficient (Wildman–Crippen LogP) is 2.55. The molecule has 0 spiro atoms. The largest absolute Gasteiger partial charge is 0.383 e. The molecule has 0 aromatic carbocycles. The monoisotopic (exact) mass is 230 g/mol. The minimum Gasteiger partial charge on any atom is -0.383 e. The average molecular weight is 230 g/mol. The molecule has 0 fully saturated rings. The third-order valence-corrected chi connectivity index (χ3v) is 2.97. The minimum atomic E-state index is 0.590. The normalized spacial score (nSPS) is 10.8. The Kier molecular flexibility index (Phi) is 3.13. The summed E-state index contributed by atoms with van der Waals surface area (Å²) in [5, 5.41) is 4.39. The first-order valence-corrected chi connectivity index (χ1v) is 5.88. The molecule has 90 valence electrons. The highest BCUT2D eigenvalue weighted by Crippen LogP contribution is 2.24. The van der Waals surface area contributed by atoms with Crippen molar-refractivity contribution in [2.24, 2.45) is 0 Å². The predicted molar refractivity (Wildman–Crippen MR) is 69.6 cm³/mol. The molecule has 2 heterocycles. The number of rotatable bonds is 3. The Hall–Kier alpha value is -1.84. The first-order chi connectivity index (χ1) is 8.13. The summed E-state index contributed by atoms with van der Waals surface area (Å²) in [6.45, 7) is 7.16. The van der Waals surface area contributed by atoms with Crippen LogP contribution in [0.25, 0.3) is 11.1 Å². The van der Waals surface area contributed by atoms with Gasteiger partial charge in [-0.2, -0.15) is 5.10 Å². The van der Waals surface area contributed by atoms with Crippen molar-refractivity contribution in [2.75, 3.05) is 5.73 Å². The fourth-order valence-electron chi connectivity index (χ4n) is 1.90. The van der Waals surface area contributed by atoms with Crippen LogP contribution in [0.4, 0.5) is 5.82 Å². The smallest absolute Gasteiger partial charge is 0.126 e. The van der Waals surface area contributed by atoms with E-state index in [1.807, 2.05) is 24.0 Å². The molecule has 17 heavy (non-hydrogen) atoms. The Morgan fingerprint density at radius 3 is 2.71 bits per heavy atom. The maximum Gasteiger partial charge on any atom is 0.126 e. The second-order valence-electron chi connectivity index (χ2n) is 4.29. The second kappa shape index (κ2) is 4.57. The zero-order chi connectivity index (χ0) is 12.4. The fourth-order valence-corrected chi connectivity index (χ4v) is 1.90. The molecule has 2 N–H and O–H groups in total. The van der Waals surface area contributed by atoms with Crippen LogP contribution in [0.3, 0.4) is 0 Å². The van der Waals surface area contributed by atoms with Gasteiger partial charge in [0.1, 0.15) is 5.82 Å². The van der Waals surface area contributed by atoms with Crippen LogP contribution in [0.5, 0.6) is 0 Å². The number of nitrogens with zero attached hydrogens (tertiary/aromatic N) is 3. The van der Waals surface area contributed by atoms with E-state index in [9.17, 15) is 0 Å². The van der Waals surface area contributed by atoms with Gasteiger partial charge in [-0.05, 0) is 31.9 Å². The molecule has 0 aliphatic rings. The van der Waals surface area contributed by atoms with E-state index >= 15 is 0 Å². The molecule has 4 heteroatoms. The summed E-state index contributed by atoms with van der Waals surface area (Å²) in [5.74, 6) is 0.590. The van der Waals surface area contributed by atoms with Crippen molar-refractivity contribution in [3.05, 3.63) is 29.7 Å². The van der Waals surface area contributed by atoms with Crippen molar-refractivity contribution in [3.63, 3.8) is 0 Å². The number of nitrogens with two attached hydrogens (primary N) is 1. The van der Waals surface area contributed by atoms with Crippen molar-refractivity contribution >= 4 is 5.82 Å². The van der Waals surface area contributed by atoms with Crippen molar-refractivity contribution in [2.45, 2.75) is 33.7 Å². The third-order valence-electron chi connectivity index (χ3n) is 2.97. The van der Waals surface area contributed by atoms with E-state index in [1.54, 1.807) is 0 Å². The summed E-state index contributed by atoms with van der Waals surface area (Å²) < 4.78 is 2.03. The number of hydrogen-bond donors (Lipinski definition) is 1. The summed E-state index contributed by atoms with van der Waals surface area (Å²) in [7, 11) is 0.